The van der Waals surface area contributed by atoms with Crippen molar-refractivity contribution in [2.24, 2.45) is 23.7 Å². The van der Waals surface area contributed by atoms with Crippen LogP contribution in [0, 0.1) is 23.7 Å². The highest BCUT2D eigenvalue weighted by atomic mass is 16.5. The van der Waals surface area contributed by atoms with E-state index in [1.54, 1.807) is 0 Å². The largest absolute Gasteiger partial charge is 0.469 e. The molecule has 1 saturated carbocycles. The number of hydrogen-bond donors (Lipinski definition) is 0. The van der Waals surface area contributed by atoms with Gasteiger partial charge < -0.3 is 4.74 Å². The molecule has 3 aliphatic rings. The van der Waals surface area contributed by atoms with Gasteiger partial charge in [-0.2, -0.15) is 0 Å². The van der Waals surface area contributed by atoms with Crippen molar-refractivity contribution in [1.82, 2.24) is 0 Å². The van der Waals surface area contributed by atoms with Gasteiger partial charge in [0.1, 0.15) is 0 Å². The molecule has 3 heteroatoms. The van der Waals surface area contributed by atoms with Crippen LogP contribution in [0.4, 0.5) is 0 Å². The van der Waals surface area contributed by atoms with Crippen LogP contribution in [0.3, 0.4) is 0 Å². The first-order valence-corrected chi connectivity index (χ1v) is 7.55. The van der Waals surface area contributed by atoms with Crippen LogP contribution in [0.15, 0.2) is 42.5 Å². The predicted molar refractivity (Wildman–Crippen MR) is 79.7 cm³/mol. The Hall–Kier alpha value is -1.90. The number of rotatable bonds is 4. The third kappa shape index (κ3) is 2.65. The summed E-state index contributed by atoms with van der Waals surface area (Å²) in [6, 6.07) is 9.33. The van der Waals surface area contributed by atoms with Gasteiger partial charge in [0.05, 0.1) is 13.0 Å². The van der Waals surface area contributed by atoms with Gasteiger partial charge in [-0.3, -0.25) is 9.59 Å². The molecule has 0 aliphatic heterocycles. The molecule has 0 N–H and O–H groups in total. The number of carbonyl (C=O) groups excluding carboxylic acids is 2. The number of methoxy groups -OCH3 is 1. The molecule has 0 radical (unpaired) electrons. The van der Waals surface area contributed by atoms with Gasteiger partial charge in [-0.25, -0.2) is 0 Å². The Balaban J connectivity index is 1.81. The molecular formula is C18H20O3. The molecule has 1 fully saturated rings. The van der Waals surface area contributed by atoms with Gasteiger partial charge in [-0.15, -0.1) is 0 Å². The van der Waals surface area contributed by atoms with Crippen molar-refractivity contribution in [2.75, 3.05) is 7.11 Å². The maximum atomic E-state index is 12.5. The Bertz CT molecular complexity index is 561. The number of fused-ring (bicyclic) bond motifs is 2. The second-order valence-corrected chi connectivity index (χ2v) is 6.00. The average Bonchev–Trinajstić information content (AvgIpc) is 2.56. The fourth-order valence-electron chi connectivity index (χ4n) is 3.82. The zero-order valence-corrected chi connectivity index (χ0v) is 12.2. The zero-order valence-electron chi connectivity index (χ0n) is 12.2. The first-order chi connectivity index (χ1) is 10.2. The summed E-state index contributed by atoms with van der Waals surface area (Å²) >= 11 is 0. The fraction of sp³-hybridized carbons (Fsp3) is 0.444. The molecule has 0 aromatic heterocycles. The highest BCUT2D eigenvalue weighted by Gasteiger charge is 2.45. The molecule has 0 saturated heterocycles. The molecule has 0 amide bonds. The number of Topliss-reactive ketones (excluding diaryl/α,β-unsaturated/α-hetero) is 1. The molecule has 0 heterocycles. The first kappa shape index (κ1) is 14.1. The lowest BCUT2D eigenvalue weighted by atomic mass is 9.61. The molecule has 4 atom stereocenters. The summed E-state index contributed by atoms with van der Waals surface area (Å²) in [4.78, 5) is 24.6. The molecule has 0 unspecified atom stereocenters. The van der Waals surface area contributed by atoms with Crippen LogP contribution in [-0.2, 0) is 9.53 Å². The van der Waals surface area contributed by atoms with Gasteiger partial charge in [-0.05, 0) is 30.6 Å². The summed E-state index contributed by atoms with van der Waals surface area (Å²) in [7, 11) is 1.43. The SMILES string of the molecule is COC(=O)[C@H]1[C@H](CC(=O)c2ccccc2)[C@@H]2C=C[C@H]1CC2. The van der Waals surface area contributed by atoms with Crippen molar-refractivity contribution in [1.29, 1.82) is 0 Å². The standard InChI is InChI=1S/C18H20O3/c1-21-18(20)17-14-9-7-12(8-10-14)15(17)11-16(19)13-5-3-2-4-6-13/h2-7,9,12,14-15,17H,8,10-11H2,1H3/t12-,14+,15-,17-/m1/s1. The number of hydrogen-bond acceptors (Lipinski definition) is 3. The normalized spacial score (nSPS) is 30.1. The van der Waals surface area contributed by atoms with Crippen molar-refractivity contribution in [3.8, 4) is 0 Å². The second-order valence-electron chi connectivity index (χ2n) is 6.00. The van der Waals surface area contributed by atoms with E-state index in [2.05, 4.69) is 12.2 Å². The van der Waals surface area contributed by atoms with Crippen molar-refractivity contribution in [2.45, 2.75) is 19.3 Å². The fourth-order valence-corrected chi connectivity index (χ4v) is 3.82. The Morgan fingerprint density at radius 1 is 1.10 bits per heavy atom. The number of esters is 1. The Kier molecular flexibility index (Phi) is 3.91. The van der Waals surface area contributed by atoms with Crippen molar-refractivity contribution < 1.29 is 14.3 Å². The van der Waals surface area contributed by atoms with Crippen molar-refractivity contribution >= 4 is 11.8 Å². The summed E-state index contributed by atoms with van der Waals surface area (Å²) in [6.45, 7) is 0. The lowest BCUT2D eigenvalue weighted by Gasteiger charge is -2.43. The third-order valence-electron chi connectivity index (χ3n) is 4.90. The van der Waals surface area contributed by atoms with E-state index >= 15 is 0 Å². The smallest absolute Gasteiger partial charge is 0.309 e. The number of ether oxygens (including phenoxy) is 1. The van der Waals surface area contributed by atoms with E-state index in [4.69, 9.17) is 4.74 Å². The number of benzene rings is 1. The monoisotopic (exact) mass is 284 g/mol. The quantitative estimate of drug-likeness (QED) is 0.484. The molecule has 1 aromatic rings. The van der Waals surface area contributed by atoms with Gasteiger partial charge in [0.15, 0.2) is 5.78 Å². The molecule has 3 nitrogen and oxygen atoms in total. The van der Waals surface area contributed by atoms with Crippen LogP contribution in [-0.4, -0.2) is 18.9 Å². The predicted octanol–water partition coefficient (Wildman–Crippen LogP) is 3.26. The van der Waals surface area contributed by atoms with Gasteiger partial charge in [0, 0.05) is 12.0 Å². The third-order valence-corrected chi connectivity index (χ3v) is 4.90. The zero-order chi connectivity index (χ0) is 14.8. The Labute approximate surface area is 125 Å². The van der Waals surface area contributed by atoms with Gasteiger partial charge >= 0.3 is 5.97 Å². The summed E-state index contributed by atoms with van der Waals surface area (Å²) in [6.07, 6.45) is 6.85. The molecule has 110 valence electrons. The Morgan fingerprint density at radius 3 is 2.38 bits per heavy atom. The van der Waals surface area contributed by atoms with E-state index in [9.17, 15) is 9.59 Å². The maximum absolute atomic E-state index is 12.5. The van der Waals surface area contributed by atoms with E-state index in [0.717, 1.165) is 18.4 Å². The van der Waals surface area contributed by atoms with E-state index in [1.165, 1.54) is 7.11 Å². The van der Waals surface area contributed by atoms with Gasteiger partial charge in [-0.1, -0.05) is 42.5 Å². The van der Waals surface area contributed by atoms with E-state index in [1.807, 2.05) is 30.3 Å². The van der Waals surface area contributed by atoms with Crippen LogP contribution in [0.25, 0.3) is 0 Å². The number of allylic oxidation sites excluding steroid dienone is 2. The minimum absolute atomic E-state index is 0.0777. The van der Waals surface area contributed by atoms with E-state index in [-0.39, 0.29) is 29.5 Å². The molecule has 21 heavy (non-hydrogen) atoms. The molecule has 0 spiro atoms. The lowest BCUT2D eigenvalue weighted by Crippen LogP contribution is -2.42. The number of carbonyl (C=O) groups is 2. The topological polar surface area (TPSA) is 43.4 Å². The second kappa shape index (κ2) is 5.84. The lowest BCUT2D eigenvalue weighted by molar-refractivity contribution is -0.151. The first-order valence-electron chi connectivity index (χ1n) is 7.55. The van der Waals surface area contributed by atoms with Gasteiger partial charge in [0.2, 0.25) is 0 Å². The minimum Gasteiger partial charge on any atom is -0.469 e. The molecule has 3 aliphatic carbocycles. The average molecular weight is 284 g/mol. The van der Waals surface area contributed by atoms with Crippen LogP contribution in [0.1, 0.15) is 29.6 Å². The molecular weight excluding hydrogens is 264 g/mol. The number of ketones is 1. The van der Waals surface area contributed by atoms with Crippen LogP contribution in [0.2, 0.25) is 0 Å². The summed E-state index contributed by atoms with van der Waals surface area (Å²) < 4.78 is 4.98. The van der Waals surface area contributed by atoms with Crippen LogP contribution >= 0.6 is 0 Å². The van der Waals surface area contributed by atoms with E-state index < -0.39 is 0 Å². The van der Waals surface area contributed by atoms with Crippen LogP contribution < -0.4 is 0 Å². The molecule has 4 rings (SSSR count). The minimum atomic E-state index is -0.167. The van der Waals surface area contributed by atoms with Crippen molar-refractivity contribution in [3.63, 3.8) is 0 Å². The molecule has 1 aromatic carbocycles. The Morgan fingerprint density at radius 2 is 1.76 bits per heavy atom. The summed E-state index contributed by atoms with van der Waals surface area (Å²) in [5, 5.41) is 0. The van der Waals surface area contributed by atoms with E-state index in [0.29, 0.717) is 12.3 Å². The highest BCUT2D eigenvalue weighted by Crippen LogP contribution is 2.47. The summed E-state index contributed by atoms with van der Waals surface area (Å²) in [5.41, 5.74) is 0.728. The molecule has 2 bridgehead atoms. The van der Waals surface area contributed by atoms with Gasteiger partial charge in [0.25, 0.3) is 0 Å². The van der Waals surface area contributed by atoms with Crippen LogP contribution in [0.5, 0.6) is 0 Å². The maximum Gasteiger partial charge on any atom is 0.309 e. The highest BCUT2D eigenvalue weighted by molar-refractivity contribution is 5.96. The summed E-state index contributed by atoms with van der Waals surface area (Å²) in [5.74, 6) is 0.429. The van der Waals surface area contributed by atoms with Crippen molar-refractivity contribution in [3.05, 3.63) is 48.0 Å².